The first kappa shape index (κ1) is 12.1. The number of aliphatic hydroxyl groups is 1. The topological polar surface area (TPSA) is 46.2 Å². The fourth-order valence-electron chi connectivity index (χ4n) is 1.36. The van der Waals surface area contributed by atoms with Crippen molar-refractivity contribution in [1.29, 1.82) is 0 Å². The molecule has 84 valence electrons. The molecule has 2 nitrogen and oxygen atoms in total. The van der Waals surface area contributed by atoms with E-state index < -0.39 is 17.2 Å². The number of nitrogens with two attached hydrogens (primary N) is 1. The van der Waals surface area contributed by atoms with E-state index in [1.165, 1.54) is 6.92 Å². The number of halogens is 2. The number of hydrogen-bond acceptors (Lipinski definition) is 2. The van der Waals surface area contributed by atoms with Crippen molar-refractivity contribution in [1.82, 2.24) is 0 Å². The normalized spacial score (nSPS) is 17.2. The molecule has 0 heterocycles. The Kier molecular flexibility index (Phi) is 3.42. The van der Waals surface area contributed by atoms with Crippen molar-refractivity contribution in [3.05, 3.63) is 35.4 Å². The van der Waals surface area contributed by atoms with Crippen LogP contribution in [0.4, 0.5) is 8.78 Å². The highest BCUT2D eigenvalue weighted by atomic mass is 19.1. The van der Waals surface area contributed by atoms with Crippen LogP contribution in [0.2, 0.25) is 0 Å². The molecule has 1 aromatic carbocycles. The van der Waals surface area contributed by atoms with Crippen LogP contribution in [-0.2, 0) is 5.60 Å². The Balaban J connectivity index is 3.14. The van der Waals surface area contributed by atoms with Crippen LogP contribution < -0.4 is 5.73 Å². The van der Waals surface area contributed by atoms with E-state index in [2.05, 4.69) is 0 Å². The Morgan fingerprint density at radius 2 is 1.80 bits per heavy atom. The van der Waals surface area contributed by atoms with E-state index in [0.717, 1.165) is 18.2 Å². The summed E-state index contributed by atoms with van der Waals surface area (Å²) in [7, 11) is 0. The van der Waals surface area contributed by atoms with Crippen molar-refractivity contribution < 1.29 is 13.9 Å². The van der Waals surface area contributed by atoms with E-state index in [1.807, 2.05) is 0 Å². The molecule has 0 radical (unpaired) electrons. The highest BCUT2D eigenvalue weighted by Crippen LogP contribution is 2.29. The van der Waals surface area contributed by atoms with Crippen LogP contribution in [0.15, 0.2) is 18.2 Å². The lowest BCUT2D eigenvalue weighted by Gasteiger charge is -2.30. The quantitative estimate of drug-likeness (QED) is 0.807. The third-order valence-corrected chi connectivity index (χ3v) is 2.76. The van der Waals surface area contributed by atoms with Gasteiger partial charge in [0.05, 0.1) is 5.60 Å². The van der Waals surface area contributed by atoms with Crippen molar-refractivity contribution in [3.8, 4) is 0 Å². The minimum Gasteiger partial charge on any atom is -0.385 e. The van der Waals surface area contributed by atoms with Gasteiger partial charge >= 0.3 is 0 Å². The largest absolute Gasteiger partial charge is 0.385 e. The minimum absolute atomic E-state index is 0.206. The van der Waals surface area contributed by atoms with Gasteiger partial charge in [0.15, 0.2) is 0 Å². The standard InChI is InChI=1S/C11H15F2NO/c1-7(6-14)11(2,15)8-3-9(12)5-10(13)4-8/h3-5,7,15H,6,14H2,1-2H3. The fraction of sp³-hybridized carbons (Fsp3) is 0.455. The third-order valence-electron chi connectivity index (χ3n) is 2.76. The molecule has 0 aliphatic rings. The zero-order valence-electron chi connectivity index (χ0n) is 8.80. The Labute approximate surface area is 87.7 Å². The lowest BCUT2D eigenvalue weighted by atomic mass is 9.84. The van der Waals surface area contributed by atoms with Gasteiger partial charge in [0.25, 0.3) is 0 Å². The van der Waals surface area contributed by atoms with Crippen molar-refractivity contribution in [2.24, 2.45) is 11.7 Å². The van der Waals surface area contributed by atoms with Crippen molar-refractivity contribution >= 4 is 0 Å². The molecule has 0 aliphatic heterocycles. The third kappa shape index (κ3) is 2.52. The van der Waals surface area contributed by atoms with E-state index in [4.69, 9.17) is 5.73 Å². The summed E-state index contributed by atoms with van der Waals surface area (Å²) in [6.45, 7) is 3.46. The first-order chi connectivity index (χ1) is 6.87. The summed E-state index contributed by atoms with van der Waals surface area (Å²) in [4.78, 5) is 0. The van der Waals surface area contributed by atoms with Crippen LogP contribution in [0.1, 0.15) is 19.4 Å². The van der Waals surface area contributed by atoms with Gasteiger partial charge in [0, 0.05) is 12.0 Å². The smallest absolute Gasteiger partial charge is 0.126 e. The molecule has 2 unspecified atom stereocenters. The predicted octanol–water partition coefficient (Wildman–Crippen LogP) is 1.77. The van der Waals surface area contributed by atoms with Crippen LogP contribution in [0.5, 0.6) is 0 Å². The van der Waals surface area contributed by atoms with Crippen LogP contribution in [-0.4, -0.2) is 11.7 Å². The van der Waals surface area contributed by atoms with Crippen LogP contribution >= 0.6 is 0 Å². The number of benzene rings is 1. The highest BCUT2D eigenvalue weighted by molar-refractivity contribution is 5.24. The maximum atomic E-state index is 12.9. The minimum atomic E-state index is -1.32. The number of hydrogen-bond donors (Lipinski definition) is 2. The van der Waals surface area contributed by atoms with Gasteiger partial charge in [-0.1, -0.05) is 6.92 Å². The van der Waals surface area contributed by atoms with Gasteiger partial charge in [-0.15, -0.1) is 0 Å². The average molecular weight is 215 g/mol. The second-order valence-corrected chi connectivity index (χ2v) is 3.94. The summed E-state index contributed by atoms with van der Waals surface area (Å²) in [6, 6.07) is 3.01. The van der Waals surface area contributed by atoms with Gasteiger partial charge in [-0.3, -0.25) is 0 Å². The monoisotopic (exact) mass is 215 g/mol. The Hall–Kier alpha value is -1.00. The second-order valence-electron chi connectivity index (χ2n) is 3.94. The fourth-order valence-corrected chi connectivity index (χ4v) is 1.36. The SMILES string of the molecule is CC(CN)C(C)(O)c1cc(F)cc(F)c1. The second kappa shape index (κ2) is 4.24. The molecule has 0 saturated heterocycles. The lowest BCUT2D eigenvalue weighted by Crippen LogP contribution is -2.35. The molecule has 0 aliphatic carbocycles. The molecule has 4 heteroatoms. The van der Waals surface area contributed by atoms with Crippen molar-refractivity contribution in [3.63, 3.8) is 0 Å². The highest BCUT2D eigenvalue weighted by Gasteiger charge is 2.30. The predicted molar refractivity (Wildman–Crippen MR) is 54.1 cm³/mol. The van der Waals surface area contributed by atoms with Crippen LogP contribution in [0, 0.1) is 17.6 Å². The lowest BCUT2D eigenvalue weighted by molar-refractivity contribution is 0.00464. The van der Waals surface area contributed by atoms with Gasteiger partial charge in [-0.05, 0) is 31.2 Å². The molecular weight excluding hydrogens is 200 g/mol. The van der Waals surface area contributed by atoms with Gasteiger partial charge in [0.1, 0.15) is 11.6 Å². The molecule has 2 atom stereocenters. The summed E-state index contributed by atoms with van der Waals surface area (Å²) in [6.07, 6.45) is 0. The molecule has 0 amide bonds. The first-order valence-corrected chi connectivity index (χ1v) is 4.77. The molecule has 0 saturated carbocycles. The maximum Gasteiger partial charge on any atom is 0.126 e. The first-order valence-electron chi connectivity index (χ1n) is 4.77. The van der Waals surface area contributed by atoms with E-state index in [1.54, 1.807) is 6.92 Å². The van der Waals surface area contributed by atoms with Gasteiger partial charge in [-0.25, -0.2) is 8.78 Å². The molecule has 0 fully saturated rings. The van der Waals surface area contributed by atoms with Crippen molar-refractivity contribution in [2.75, 3.05) is 6.54 Å². The zero-order valence-corrected chi connectivity index (χ0v) is 8.80. The van der Waals surface area contributed by atoms with E-state index in [-0.39, 0.29) is 18.0 Å². The van der Waals surface area contributed by atoms with Crippen molar-refractivity contribution in [2.45, 2.75) is 19.4 Å². The number of rotatable bonds is 3. The molecule has 3 N–H and O–H groups in total. The Morgan fingerprint density at radius 1 is 1.33 bits per heavy atom. The summed E-state index contributed by atoms with van der Waals surface area (Å²) in [5.41, 5.74) is 4.31. The molecule has 0 aromatic heterocycles. The summed E-state index contributed by atoms with van der Waals surface area (Å²) < 4.78 is 25.9. The Bertz CT molecular complexity index is 332. The molecule has 0 spiro atoms. The van der Waals surface area contributed by atoms with Gasteiger partial charge < -0.3 is 10.8 Å². The Morgan fingerprint density at radius 3 is 2.20 bits per heavy atom. The maximum absolute atomic E-state index is 12.9. The summed E-state index contributed by atoms with van der Waals surface area (Å²) >= 11 is 0. The van der Waals surface area contributed by atoms with Gasteiger partial charge in [-0.2, -0.15) is 0 Å². The molecule has 0 bridgehead atoms. The van der Waals surface area contributed by atoms with Gasteiger partial charge in [0.2, 0.25) is 0 Å². The molecule has 1 rings (SSSR count). The summed E-state index contributed by atoms with van der Waals surface area (Å²) in [5.74, 6) is -1.68. The van der Waals surface area contributed by atoms with E-state index in [9.17, 15) is 13.9 Å². The average Bonchev–Trinajstić information content (AvgIpc) is 2.15. The van der Waals surface area contributed by atoms with Crippen LogP contribution in [0.3, 0.4) is 0 Å². The van der Waals surface area contributed by atoms with Crippen LogP contribution in [0.25, 0.3) is 0 Å². The summed E-state index contributed by atoms with van der Waals surface area (Å²) in [5, 5.41) is 10.1. The zero-order chi connectivity index (χ0) is 11.6. The molecule has 1 aromatic rings. The molecule has 15 heavy (non-hydrogen) atoms. The molecular formula is C11H15F2NO. The van der Waals surface area contributed by atoms with E-state index >= 15 is 0 Å². The van der Waals surface area contributed by atoms with E-state index in [0.29, 0.717) is 0 Å².